The summed E-state index contributed by atoms with van der Waals surface area (Å²) >= 11 is 2.09. The van der Waals surface area contributed by atoms with Gasteiger partial charge in [-0.3, -0.25) is 0 Å². The first-order chi connectivity index (χ1) is 9.20. The summed E-state index contributed by atoms with van der Waals surface area (Å²) in [5, 5.41) is 3.85. The topological polar surface area (TPSA) is 12.0 Å². The second kappa shape index (κ2) is 7.16. The summed E-state index contributed by atoms with van der Waals surface area (Å²) in [5.74, 6) is 2.58. The molecule has 0 unspecified atom stereocenters. The van der Waals surface area contributed by atoms with E-state index in [1.54, 1.807) is 0 Å². The van der Waals surface area contributed by atoms with Crippen LogP contribution in [0.1, 0.15) is 38.7 Å². The van der Waals surface area contributed by atoms with Crippen LogP contribution >= 0.6 is 11.8 Å². The molecule has 1 aromatic rings. The smallest absolute Gasteiger partial charge is 0.0234 e. The van der Waals surface area contributed by atoms with Crippen molar-refractivity contribution in [1.82, 2.24) is 5.32 Å². The monoisotopic (exact) mass is 275 g/mol. The van der Waals surface area contributed by atoms with Gasteiger partial charge in [0.25, 0.3) is 0 Å². The van der Waals surface area contributed by atoms with Crippen LogP contribution in [0.15, 0.2) is 42.0 Å². The first-order valence-corrected chi connectivity index (χ1v) is 8.36. The molecule has 2 heteroatoms. The fourth-order valence-electron chi connectivity index (χ4n) is 2.50. The molecule has 1 heterocycles. The van der Waals surface area contributed by atoms with Gasteiger partial charge in [-0.1, -0.05) is 42.0 Å². The zero-order valence-electron chi connectivity index (χ0n) is 12.1. The van der Waals surface area contributed by atoms with Gasteiger partial charge in [0.15, 0.2) is 0 Å². The molecule has 19 heavy (non-hydrogen) atoms. The maximum Gasteiger partial charge on any atom is 0.0234 e. The molecule has 2 rings (SSSR count). The Morgan fingerprint density at radius 2 is 1.89 bits per heavy atom. The number of benzene rings is 1. The number of allylic oxidation sites excluding steroid dienone is 1. The molecule has 1 aliphatic rings. The van der Waals surface area contributed by atoms with Gasteiger partial charge in [0.1, 0.15) is 0 Å². The van der Waals surface area contributed by atoms with Crippen LogP contribution in [0.3, 0.4) is 0 Å². The second-order valence-electron chi connectivity index (χ2n) is 5.72. The molecule has 0 aromatic heterocycles. The summed E-state index contributed by atoms with van der Waals surface area (Å²) in [5.41, 5.74) is 3.13. The normalized spacial score (nSPS) is 18.0. The predicted molar refractivity (Wildman–Crippen MR) is 86.6 cm³/mol. The minimum absolute atomic E-state index is 0.318. The van der Waals surface area contributed by atoms with E-state index in [0.29, 0.717) is 5.54 Å². The summed E-state index contributed by atoms with van der Waals surface area (Å²) in [6.45, 7) is 5.38. The number of nitrogens with one attached hydrogen (secondary N) is 1. The number of hydrogen-bond donors (Lipinski definition) is 1. The standard InChI is InChI=1S/C17H25NS/c1-15(2)8-9-17(10-12-19-13-11-17)18-14-16-6-4-3-5-7-16/h3-8,18H,9-14H2,1-2H3. The SMILES string of the molecule is CC(C)=CCC1(NCc2ccccc2)CCSCC1. The van der Waals surface area contributed by atoms with Crippen molar-refractivity contribution in [2.75, 3.05) is 11.5 Å². The average Bonchev–Trinajstić information content (AvgIpc) is 2.45. The summed E-state index contributed by atoms with van der Waals surface area (Å²) in [4.78, 5) is 0. The molecule has 0 saturated carbocycles. The Morgan fingerprint density at radius 3 is 2.53 bits per heavy atom. The zero-order chi connectivity index (χ0) is 13.6. The van der Waals surface area contributed by atoms with E-state index >= 15 is 0 Å². The molecule has 1 nitrogen and oxygen atoms in total. The fraction of sp³-hybridized carbons (Fsp3) is 0.529. The quantitative estimate of drug-likeness (QED) is 0.799. The molecular formula is C17H25NS. The molecule has 1 aliphatic heterocycles. The maximum absolute atomic E-state index is 3.85. The Kier molecular flexibility index (Phi) is 5.53. The van der Waals surface area contributed by atoms with E-state index in [0.717, 1.165) is 6.54 Å². The van der Waals surface area contributed by atoms with Crippen molar-refractivity contribution in [3.8, 4) is 0 Å². The second-order valence-corrected chi connectivity index (χ2v) is 6.94. The lowest BCUT2D eigenvalue weighted by Crippen LogP contribution is -2.47. The zero-order valence-corrected chi connectivity index (χ0v) is 12.9. The van der Waals surface area contributed by atoms with Crippen LogP contribution in [-0.2, 0) is 6.54 Å². The Hall–Kier alpha value is -0.730. The van der Waals surface area contributed by atoms with E-state index in [4.69, 9.17) is 0 Å². The first kappa shape index (κ1) is 14.7. The summed E-state index contributed by atoms with van der Waals surface area (Å²) in [7, 11) is 0. The van der Waals surface area contributed by atoms with E-state index in [2.05, 4.69) is 67.3 Å². The molecule has 1 aromatic carbocycles. The molecule has 0 bridgehead atoms. The number of thioether (sulfide) groups is 1. The third-order valence-electron chi connectivity index (χ3n) is 3.86. The summed E-state index contributed by atoms with van der Waals surface area (Å²) in [6, 6.07) is 10.7. The van der Waals surface area contributed by atoms with Gasteiger partial charge >= 0.3 is 0 Å². The molecule has 1 N–H and O–H groups in total. The Balaban J connectivity index is 1.99. The highest BCUT2D eigenvalue weighted by Gasteiger charge is 2.30. The Bertz CT molecular complexity index is 401. The van der Waals surface area contributed by atoms with Gasteiger partial charge in [0, 0.05) is 12.1 Å². The molecule has 0 aliphatic carbocycles. The molecule has 0 amide bonds. The van der Waals surface area contributed by atoms with Crippen molar-refractivity contribution in [2.45, 2.75) is 45.2 Å². The average molecular weight is 275 g/mol. The van der Waals surface area contributed by atoms with E-state index in [9.17, 15) is 0 Å². The summed E-state index contributed by atoms with van der Waals surface area (Å²) in [6.07, 6.45) is 6.14. The van der Waals surface area contributed by atoms with Crippen molar-refractivity contribution in [3.63, 3.8) is 0 Å². The van der Waals surface area contributed by atoms with E-state index in [1.165, 1.54) is 41.9 Å². The molecule has 0 radical (unpaired) electrons. The van der Waals surface area contributed by atoms with Gasteiger partial charge in [0.2, 0.25) is 0 Å². The largest absolute Gasteiger partial charge is 0.307 e. The van der Waals surface area contributed by atoms with Crippen LogP contribution in [0.4, 0.5) is 0 Å². The van der Waals surface area contributed by atoms with Gasteiger partial charge in [-0.15, -0.1) is 0 Å². The van der Waals surface area contributed by atoms with Crippen molar-refractivity contribution in [2.24, 2.45) is 0 Å². The molecule has 104 valence electrons. The van der Waals surface area contributed by atoms with Gasteiger partial charge in [-0.25, -0.2) is 0 Å². The molecular weight excluding hydrogens is 250 g/mol. The Labute approximate surface area is 121 Å². The minimum Gasteiger partial charge on any atom is -0.307 e. The summed E-state index contributed by atoms with van der Waals surface area (Å²) < 4.78 is 0. The van der Waals surface area contributed by atoms with Crippen molar-refractivity contribution in [3.05, 3.63) is 47.5 Å². The van der Waals surface area contributed by atoms with Crippen LogP contribution < -0.4 is 5.32 Å². The van der Waals surface area contributed by atoms with Crippen molar-refractivity contribution < 1.29 is 0 Å². The van der Waals surface area contributed by atoms with Crippen LogP contribution in [0.25, 0.3) is 0 Å². The third-order valence-corrected chi connectivity index (χ3v) is 4.85. The lowest BCUT2D eigenvalue weighted by molar-refractivity contribution is 0.299. The van der Waals surface area contributed by atoms with Crippen molar-refractivity contribution in [1.29, 1.82) is 0 Å². The highest BCUT2D eigenvalue weighted by Crippen LogP contribution is 2.31. The van der Waals surface area contributed by atoms with Gasteiger partial charge in [0.05, 0.1) is 0 Å². The van der Waals surface area contributed by atoms with Crippen LogP contribution in [-0.4, -0.2) is 17.0 Å². The fourth-order valence-corrected chi connectivity index (χ4v) is 3.77. The number of rotatable bonds is 5. The van der Waals surface area contributed by atoms with E-state index < -0.39 is 0 Å². The van der Waals surface area contributed by atoms with Gasteiger partial charge in [-0.05, 0) is 50.2 Å². The van der Waals surface area contributed by atoms with E-state index in [-0.39, 0.29) is 0 Å². The highest BCUT2D eigenvalue weighted by molar-refractivity contribution is 7.99. The lowest BCUT2D eigenvalue weighted by Gasteiger charge is -2.38. The molecule has 0 spiro atoms. The van der Waals surface area contributed by atoms with Crippen LogP contribution in [0, 0.1) is 0 Å². The molecule has 0 atom stereocenters. The van der Waals surface area contributed by atoms with Gasteiger partial charge in [-0.2, -0.15) is 11.8 Å². The Morgan fingerprint density at radius 1 is 1.21 bits per heavy atom. The number of hydrogen-bond acceptors (Lipinski definition) is 2. The lowest BCUT2D eigenvalue weighted by atomic mass is 9.87. The van der Waals surface area contributed by atoms with Crippen LogP contribution in [0.5, 0.6) is 0 Å². The van der Waals surface area contributed by atoms with Crippen LogP contribution in [0.2, 0.25) is 0 Å². The predicted octanol–water partition coefficient (Wildman–Crippen LogP) is 4.40. The van der Waals surface area contributed by atoms with Crippen molar-refractivity contribution >= 4 is 11.8 Å². The third kappa shape index (κ3) is 4.70. The molecule has 1 saturated heterocycles. The van der Waals surface area contributed by atoms with Gasteiger partial charge < -0.3 is 5.32 Å². The molecule has 1 fully saturated rings. The minimum atomic E-state index is 0.318. The highest BCUT2D eigenvalue weighted by atomic mass is 32.2. The van der Waals surface area contributed by atoms with E-state index in [1.807, 2.05) is 0 Å². The maximum atomic E-state index is 3.85. The first-order valence-electron chi connectivity index (χ1n) is 7.20.